The van der Waals surface area contributed by atoms with Gasteiger partial charge in [0.2, 0.25) is 10.5 Å². The molecule has 0 spiro atoms. The summed E-state index contributed by atoms with van der Waals surface area (Å²) >= 11 is 11.1. The van der Waals surface area contributed by atoms with E-state index in [1.807, 2.05) is 0 Å². The van der Waals surface area contributed by atoms with Gasteiger partial charge in [-0.3, -0.25) is 9.59 Å². The van der Waals surface area contributed by atoms with Crippen molar-refractivity contribution in [2.45, 2.75) is 51.9 Å². The molecule has 0 amide bonds. The van der Waals surface area contributed by atoms with Crippen LogP contribution in [0.1, 0.15) is 51.9 Å². The molecule has 1 fully saturated rings. The topological polar surface area (TPSA) is 34.1 Å². The summed E-state index contributed by atoms with van der Waals surface area (Å²) in [5.41, 5.74) is -1.15. The van der Waals surface area contributed by atoms with Crippen LogP contribution in [-0.4, -0.2) is 10.5 Å². The molecule has 92 valence electrons. The highest BCUT2D eigenvalue weighted by molar-refractivity contribution is 6.74. The van der Waals surface area contributed by atoms with Crippen molar-refractivity contribution in [1.29, 1.82) is 0 Å². The molecule has 0 aromatic rings. The van der Waals surface area contributed by atoms with Crippen LogP contribution in [-0.2, 0) is 9.59 Å². The zero-order chi connectivity index (χ0) is 12.2. The Hall–Kier alpha value is -0.0800. The fraction of sp³-hybridized carbons (Fsp3) is 0.833. The molecular weight excluding hydrogens is 247 g/mol. The lowest BCUT2D eigenvalue weighted by atomic mass is 9.74. The second kappa shape index (κ2) is 6.02. The minimum absolute atomic E-state index is 0.397. The van der Waals surface area contributed by atoms with Crippen LogP contribution in [0.5, 0.6) is 0 Å². The molecule has 1 saturated carbocycles. The van der Waals surface area contributed by atoms with Gasteiger partial charge >= 0.3 is 0 Å². The van der Waals surface area contributed by atoms with E-state index >= 15 is 0 Å². The third kappa shape index (κ3) is 2.98. The predicted molar refractivity (Wildman–Crippen MR) is 65.6 cm³/mol. The van der Waals surface area contributed by atoms with Gasteiger partial charge in [0.1, 0.15) is 5.41 Å². The Kier molecular flexibility index (Phi) is 5.26. The molecule has 0 atom stereocenters. The van der Waals surface area contributed by atoms with E-state index < -0.39 is 15.9 Å². The van der Waals surface area contributed by atoms with E-state index in [1.165, 1.54) is 19.3 Å². The molecule has 0 aromatic carbocycles. The molecule has 4 heteroatoms. The predicted octanol–water partition coefficient (Wildman–Crippen LogP) is 3.88. The zero-order valence-electron chi connectivity index (χ0n) is 9.60. The van der Waals surface area contributed by atoms with Crippen molar-refractivity contribution in [1.82, 2.24) is 0 Å². The van der Waals surface area contributed by atoms with E-state index in [9.17, 15) is 9.59 Å². The van der Waals surface area contributed by atoms with E-state index in [4.69, 9.17) is 23.2 Å². The van der Waals surface area contributed by atoms with Crippen LogP contribution in [0.2, 0.25) is 0 Å². The molecule has 0 bridgehead atoms. The van der Waals surface area contributed by atoms with Gasteiger partial charge in [-0.25, -0.2) is 0 Å². The van der Waals surface area contributed by atoms with E-state index in [2.05, 4.69) is 0 Å². The average Bonchev–Trinajstić information content (AvgIpc) is 2.26. The molecule has 1 aliphatic rings. The Morgan fingerprint density at radius 2 is 1.62 bits per heavy atom. The van der Waals surface area contributed by atoms with Crippen molar-refractivity contribution in [3.63, 3.8) is 0 Å². The van der Waals surface area contributed by atoms with E-state index in [0.717, 1.165) is 12.8 Å². The second-order valence-corrected chi connectivity index (χ2v) is 5.38. The number of halogens is 2. The van der Waals surface area contributed by atoms with Gasteiger partial charge in [0, 0.05) is 0 Å². The summed E-state index contributed by atoms with van der Waals surface area (Å²) in [5.74, 6) is 0.416. The summed E-state index contributed by atoms with van der Waals surface area (Å²) in [7, 11) is 0. The molecule has 16 heavy (non-hydrogen) atoms. The summed E-state index contributed by atoms with van der Waals surface area (Å²) in [6.07, 6.45) is 6.68. The van der Waals surface area contributed by atoms with Gasteiger partial charge in [0.15, 0.2) is 0 Å². The smallest absolute Gasteiger partial charge is 0.236 e. The van der Waals surface area contributed by atoms with Crippen LogP contribution < -0.4 is 0 Å². The Morgan fingerprint density at radius 3 is 2.00 bits per heavy atom. The molecule has 0 N–H and O–H groups in total. The van der Waals surface area contributed by atoms with Crippen LogP contribution in [0, 0.1) is 11.3 Å². The Bertz CT molecular complexity index is 256. The lowest BCUT2D eigenvalue weighted by Crippen LogP contribution is -2.36. The lowest BCUT2D eigenvalue weighted by molar-refractivity contribution is -0.133. The number of carbonyl (C=O) groups excluding carboxylic acids is 2. The Balaban J connectivity index is 2.76. The van der Waals surface area contributed by atoms with Gasteiger partial charge in [0.25, 0.3) is 0 Å². The largest absolute Gasteiger partial charge is 0.280 e. The summed E-state index contributed by atoms with van der Waals surface area (Å²) in [4.78, 5) is 22.9. The first-order chi connectivity index (χ1) is 7.53. The molecule has 1 rings (SSSR count). The van der Waals surface area contributed by atoms with Crippen LogP contribution >= 0.6 is 23.2 Å². The highest BCUT2D eigenvalue weighted by Gasteiger charge is 2.43. The molecule has 0 aromatic heterocycles. The highest BCUT2D eigenvalue weighted by atomic mass is 35.5. The maximum absolute atomic E-state index is 11.5. The standard InChI is InChI=1S/C12H18Cl2O2/c1-2-12(10(13)15,11(14)16)8-9-6-4-3-5-7-9/h9H,2-8H2,1H3. The van der Waals surface area contributed by atoms with Crippen molar-refractivity contribution in [2.24, 2.45) is 11.3 Å². The first-order valence-corrected chi connectivity index (χ1v) is 6.68. The Labute approximate surface area is 107 Å². The third-order valence-corrected chi connectivity index (χ3v) is 4.44. The first-order valence-electron chi connectivity index (χ1n) is 5.93. The fourth-order valence-electron chi connectivity index (χ4n) is 2.54. The number of hydrogen-bond donors (Lipinski definition) is 0. The van der Waals surface area contributed by atoms with Crippen molar-refractivity contribution >= 4 is 33.7 Å². The molecule has 0 saturated heterocycles. The number of carbonyl (C=O) groups is 2. The van der Waals surface area contributed by atoms with Gasteiger partial charge in [-0.2, -0.15) is 0 Å². The van der Waals surface area contributed by atoms with Crippen LogP contribution in [0.3, 0.4) is 0 Å². The van der Waals surface area contributed by atoms with Gasteiger partial charge in [-0.15, -0.1) is 0 Å². The third-order valence-electron chi connectivity index (χ3n) is 3.72. The molecule has 0 heterocycles. The maximum atomic E-state index is 11.5. The summed E-state index contributed by atoms with van der Waals surface area (Å²) in [6, 6.07) is 0. The molecule has 0 unspecified atom stereocenters. The summed E-state index contributed by atoms with van der Waals surface area (Å²) < 4.78 is 0. The van der Waals surface area contributed by atoms with E-state index in [-0.39, 0.29) is 0 Å². The van der Waals surface area contributed by atoms with Crippen LogP contribution in [0.4, 0.5) is 0 Å². The van der Waals surface area contributed by atoms with E-state index in [0.29, 0.717) is 18.8 Å². The van der Waals surface area contributed by atoms with Crippen molar-refractivity contribution in [3.8, 4) is 0 Å². The normalized spacial score (nSPS) is 18.4. The van der Waals surface area contributed by atoms with Gasteiger partial charge in [-0.1, -0.05) is 39.0 Å². The van der Waals surface area contributed by atoms with Gasteiger partial charge in [-0.05, 0) is 42.0 Å². The number of hydrogen-bond acceptors (Lipinski definition) is 2. The average molecular weight is 265 g/mol. The first kappa shape index (κ1) is 14.0. The maximum Gasteiger partial charge on any atom is 0.236 e. The second-order valence-electron chi connectivity index (χ2n) is 4.69. The minimum atomic E-state index is -1.15. The van der Waals surface area contributed by atoms with E-state index in [1.54, 1.807) is 6.92 Å². The Morgan fingerprint density at radius 1 is 1.12 bits per heavy atom. The lowest BCUT2D eigenvalue weighted by Gasteiger charge is -2.31. The summed E-state index contributed by atoms with van der Waals surface area (Å²) in [6.45, 7) is 1.80. The quantitative estimate of drug-likeness (QED) is 0.558. The van der Waals surface area contributed by atoms with Crippen molar-refractivity contribution in [2.75, 3.05) is 0 Å². The minimum Gasteiger partial charge on any atom is -0.280 e. The van der Waals surface area contributed by atoms with Crippen LogP contribution in [0.15, 0.2) is 0 Å². The fourth-order valence-corrected chi connectivity index (χ4v) is 3.19. The van der Waals surface area contributed by atoms with Gasteiger partial charge in [0.05, 0.1) is 0 Å². The molecule has 2 nitrogen and oxygen atoms in total. The molecule has 0 radical (unpaired) electrons. The van der Waals surface area contributed by atoms with Crippen molar-refractivity contribution in [3.05, 3.63) is 0 Å². The van der Waals surface area contributed by atoms with Crippen molar-refractivity contribution < 1.29 is 9.59 Å². The monoisotopic (exact) mass is 264 g/mol. The SMILES string of the molecule is CCC(CC1CCCCC1)(C(=O)Cl)C(=O)Cl. The van der Waals surface area contributed by atoms with Gasteiger partial charge < -0.3 is 0 Å². The van der Waals surface area contributed by atoms with Crippen LogP contribution in [0.25, 0.3) is 0 Å². The number of rotatable bonds is 5. The highest BCUT2D eigenvalue weighted by Crippen LogP contribution is 2.40. The molecular formula is C12H18Cl2O2. The molecule has 1 aliphatic carbocycles. The summed E-state index contributed by atoms with van der Waals surface area (Å²) in [5, 5.41) is -1.19. The molecule has 0 aliphatic heterocycles. The zero-order valence-corrected chi connectivity index (χ0v) is 11.1.